The van der Waals surface area contributed by atoms with Crippen LogP contribution in [-0.4, -0.2) is 29.0 Å². The van der Waals surface area contributed by atoms with Gasteiger partial charge in [-0.25, -0.2) is 4.98 Å². The molecule has 0 radical (unpaired) electrons. The van der Waals surface area contributed by atoms with Gasteiger partial charge in [0, 0.05) is 29.9 Å². The molecule has 0 atom stereocenters. The third kappa shape index (κ3) is 4.04. The van der Waals surface area contributed by atoms with E-state index in [-0.39, 0.29) is 5.91 Å². The molecule has 0 spiro atoms. The summed E-state index contributed by atoms with van der Waals surface area (Å²) < 4.78 is 0. The van der Waals surface area contributed by atoms with Crippen molar-refractivity contribution < 1.29 is 4.79 Å². The molecule has 1 aliphatic carbocycles. The topological polar surface area (TPSA) is 80.9 Å². The number of benzene rings is 1. The van der Waals surface area contributed by atoms with Crippen LogP contribution in [0.5, 0.6) is 0 Å². The molecule has 2 aromatic heterocycles. The van der Waals surface area contributed by atoms with Crippen molar-refractivity contribution in [1.29, 1.82) is 0 Å². The zero-order chi connectivity index (χ0) is 19.3. The number of para-hydroxylation sites is 1. The van der Waals surface area contributed by atoms with Crippen molar-refractivity contribution >= 4 is 16.8 Å². The van der Waals surface area contributed by atoms with Crippen LogP contribution in [0.3, 0.4) is 0 Å². The van der Waals surface area contributed by atoms with E-state index in [9.17, 15) is 4.79 Å². The van der Waals surface area contributed by atoms with Crippen LogP contribution in [0, 0.1) is 11.8 Å². The van der Waals surface area contributed by atoms with Gasteiger partial charge in [0.1, 0.15) is 0 Å². The molecule has 1 fully saturated rings. The molecule has 5 nitrogen and oxygen atoms in total. The summed E-state index contributed by atoms with van der Waals surface area (Å²) in [7, 11) is 0. The Labute approximate surface area is 165 Å². The van der Waals surface area contributed by atoms with Crippen molar-refractivity contribution in [2.75, 3.05) is 13.1 Å². The van der Waals surface area contributed by atoms with E-state index in [2.05, 4.69) is 10.3 Å². The molecule has 1 aromatic carbocycles. The molecule has 1 amide bonds. The first kappa shape index (κ1) is 18.6. The van der Waals surface area contributed by atoms with E-state index in [1.54, 1.807) is 12.4 Å². The zero-order valence-electron chi connectivity index (χ0n) is 16.0. The molecule has 4 rings (SSSR count). The molecule has 3 aromatic rings. The Morgan fingerprint density at radius 2 is 1.75 bits per heavy atom. The van der Waals surface area contributed by atoms with E-state index in [1.165, 1.54) is 12.8 Å². The fourth-order valence-corrected chi connectivity index (χ4v) is 4.04. The Bertz CT molecular complexity index is 949. The molecule has 0 unspecified atom stereocenters. The molecule has 3 N–H and O–H groups in total. The Kier molecular flexibility index (Phi) is 5.63. The zero-order valence-corrected chi connectivity index (χ0v) is 16.0. The number of nitrogens with two attached hydrogens (primary N) is 1. The Balaban J connectivity index is 1.56. The molecule has 1 aliphatic rings. The van der Waals surface area contributed by atoms with Gasteiger partial charge >= 0.3 is 0 Å². The number of amides is 1. The first-order chi connectivity index (χ1) is 13.7. The predicted molar refractivity (Wildman–Crippen MR) is 112 cm³/mol. The molecule has 144 valence electrons. The smallest absolute Gasteiger partial charge is 0.252 e. The number of rotatable bonds is 5. The molecule has 0 saturated heterocycles. The van der Waals surface area contributed by atoms with Crippen molar-refractivity contribution in [3.05, 3.63) is 60.4 Å². The SMILES string of the molecule is NC[C@H]1CC[C@H](CNC(=O)c2cc(-c3ccncc3)nc3ccccc23)CC1. The van der Waals surface area contributed by atoms with Crippen molar-refractivity contribution in [3.8, 4) is 11.3 Å². The van der Waals surface area contributed by atoms with Gasteiger partial charge in [-0.1, -0.05) is 18.2 Å². The van der Waals surface area contributed by atoms with Crippen molar-refractivity contribution in [1.82, 2.24) is 15.3 Å². The Hall–Kier alpha value is -2.79. The number of hydrogen-bond acceptors (Lipinski definition) is 4. The highest BCUT2D eigenvalue weighted by molar-refractivity contribution is 6.07. The van der Waals surface area contributed by atoms with Gasteiger partial charge in [-0.15, -0.1) is 0 Å². The second-order valence-corrected chi connectivity index (χ2v) is 7.64. The summed E-state index contributed by atoms with van der Waals surface area (Å²) in [6.45, 7) is 1.50. The first-order valence-corrected chi connectivity index (χ1v) is 10.0. The van der Waals surface area contributed by atoms with Crippen LogP contribution < -0.4 is 11.1 Å². The highest BCUT2D eigenvalue weighted by atomic mass is 16.1. The number of carbonyl (C=O) groups excluding carboxylic acids is 1. The van der Waals surface area contributed by atoms with Gasteiger partial charge in [0.25, 0.3) is 5.91 Å². The molecule has 0 aliphatic heterocycles. The van der Waals surface area contributed by atoms with Gasteiger partial charge < -0.3 is 11.1 Å². The van der Waals surface area contributed by atoms with E-state index in [0.29, 0.717) is 17.4 Å². The van der Waals surface area contributed by atoms with Gasteiger partial charge in [-0.05, 0) is 68.3 Å². The average Bonchev–Trinajstić information content (AvgIpc) is 2.77. The van der Waals surface area contributed by atoms with E-state index in [0.717, 1.165) is 48.1 Å². The highest BCUT2D eigenvalue weighted by Gasteiger charge is 2.21. The largest absolute Gasteiger partial charge is 0.352 e. The fraction of sp³-hybridized carbons (Fsp3) is 0.348. The number of carbonyl (C=O) groups is 1. The third-order valence-electron chi connectivity index (χ3n) is 5.79. The quantitative estimate of drug-likeness (QED) is 0.712. The molecular weight excluding hydrogens is 348 g/mol. The minimum Gasteiger partial charge on any atom is -0.352 e. The number of nitrogens with one attached hydrogen (secondary N) is 1. The summed E-state index contributed by atoms with van der Waals surface area (Å²) in [5.41, 5.74) is 9.02. The lowest BCUT2D eigenvalue weighted by molar-refractivity contribution is 0.0943. The number of pyridine rings is 2. The number of nitrogens with zero attached hydrogens (tertiary/aromatic N) is 2. The maximum Gasteiger partial charge on any atom is 0.252 e. The molecule has 5 heteroatoms. The molecule has 28 heavy (non-hydrogen) atoms. The molecular formula is C23H26N4O. The lowest BCUT2D eigenvalue weighted by Crippen LogP contribution is -2.32. The summed E-state index contributed by atoms with van der Waals surface area (Å²) in [4.78, 5) is 21.8. The van der Waals surface area contributed by atoms with Crippen molar-refractivity contribution in [2.24, 2.45) is 17.6 Å². The number of fused-ring (bicyclic) bond motifs is 1. The van der Waals surface area contributed by atoms with Crippen LogP contribution >= 0.6 is 0 Å². The summed E-state index contributed by atoms with van der Waals surface area (Å²) in [5, 5.41) is 4.04. The van der Waals surface area contributed by atoms with Crippen molar-refractivity contribution in [2.45, 2.75) is 25.7 Å². The van der Waals surface area contributed by atoms with Crippen molar-refractivity contribution in [3.63, 3.8) is 0 Å². The number of aromatic nitrogens is 2. The Morgan fingerprint density at radius 1 is 1.04 bits per heavy atom. The van der Waals surface area contributed by atoms with Crippen LogP contribution in [0.2, 0.25) is 0 Å². The lowest BCUT2D eigenvalue weighted by Gasteiger charge is -2.27. The Morgan fingerprint density at radius 3 is 2.50 bits per heavy atom. The third-order valence-corrected chi connectivity index (χ3v) is 5.79. The predicted octanol–water partition coefficient (Wildman–Crippen LogP) is 3.79. The summed E-state index contributed by atoms with van der Waals surface area (Å²) >= 11 is 0. The highest BCUT2D eigenvalue weighted by Crippen LogP contribution is 2.28. The first-order valence-electron chi connectivity index (χ1n) is 10.0. The number of hydrogen-bond donors (Lipinski definition) is 2. The van der Waals surface area contributed by atoms with Crippen LogP contribution in [0.1, 0.15) is 36.0 Å². The second-order valence-electron chi connectivity index (χ2n) is 7.64. The lowest BCUT2D eigenvalue weighted by atomic mass is 9.82. The normalized spacial score (nSPS) is 19.5. The molecule has 2 heterocycles. The van der Waals surface area contributed by atoms with Crippen LogP contribution in [0.15, 0.2) is 54.9 Å². The van der Waals surface area contributed by atoms with E-state index < -0.39 is 0 Å². The van der Waals surface area contributed by atoms with Crippen LogP contribution in [0.4, 0.5) is 0 Å². The van der Waals surface area contributed by atoms with Gasteiger partial charge in [0.05, 0.1) is 16.8 Å². The van der Waals surface area contributed by atoms with Crippen LogP contribution in [-0.2, 0) is 0 Å². The molecule has 0 bridgehead atoms. The summed E-state index contributed by atoms with van der Waals surface area (Å²) in [6, 6.07) is 13.5. The summed E-state index contributed by atoms with van der Waals surface area (Å²) in [6.07, 6.45) is 8.10. The monoisotopic (exact) mass is 374 g/mol. The summed E-state index contributed by atoms with van der Waals surface area (Å²) in [5.74, 6) is 1.16. The fourth-order valence-electron chi connectivity index (χ4n) is 4.04. The van der Waals surface area contributed by atoms with Gasteiger partial charge in [-0.2, -0.15) is 0 Å². The van der Waals surface area contributed by atoms with Crippen LogP contribution in [0.25, 0.3) is 22.2 Å². The van der Waals surface area contributed by atoms with Gasteiger partial charge in [-0.3, -0.25) is 9.78 Å². The standard InChI is InChI=1S/C23H26N4O/c24-14-16-5-7-17(8-6-16)15-26-23(28)20-13-22(18-9-11-25-12-10-18)27-21-4-2-1-3-19(20)21/h1-4,9-13,16-17H,5-8,14-15,24H2,(H,26,28)/t16-,17-. The maximum absolute atomic E-state index is 13.0. The minimum atomic E-state index is -0.0325. The second kappa shape index (κ2) is 8.48. The van der Waals surface area contributed by atoms with E-state index in [4.69, 9.17) is 10.7 Å². The minimum absolute atomic E-state index is 0.0325. The van der Waals surface area contributed by atoms with E-state index >= 15 is 0 Å². The van der Waals surface area contributed by atoms with Gasteiger partial charge in [0.15, 0.2) is 0 Å². The molecule has 1 saturated carbocycles. The van der Waals surface area contributed by atoms with E-state index in [1.807, 2.05) is 42.5 Å². The average molecular weight is 374 g/mol. The maximum atomic E-state index is 13.0. The van der Waals surface area contributed by atoms with Gasteiger partial charge in [0.2, 0.25) is 0 Å².